The quantitative estimate of drug-likeness (QED) is 0.445. The Morgan fingerprint density at radius 2 is 1.97 bits per heavy atom. The van der Waals surface area contributed by atoms with E-state index in [-0.39, 0.29) is 29.7 Å². The number of rotatable bonds is 5. The van der Waals surface area contributed by atoms with Crippen LogP contribution < -0.4 is 15.4 Å². The normalized spacial score (nSPS) is 18.8. The van der Waals surface area contributed by atoms with E-state index in [2.05, 4.69) is 25.6 Å². The maximum absolute atomic E-state index is 13.2. The van der Waals surface area contributed by atoms with Crippen molar-refractivity contribution in [3.63, 3.8) is 0 Å². The number of benzene rings is 2. The molecule has 36 heavy (non-hydrogen) atoms. The summed E-state index contributed by atoms with van der Waals surface area (Å²) in [5.41, 5.74) is -1.77. The van der Waals surface area contributed by atoms with Crippen molar-refractivity contribution >= 4 is 40.7 Å². The van der Waals surface area contributed by atoms with Gasteiger partial charge in [-0.1, -0.05) is 0 Å². The molecule has 3 amide bonds. The van der Waals surface area contributed by atoms with Crippen LogP contribution in [-0.2, 0) is 15.0 Å². The summed E-state index contributed by atoms with van der Waals surface area (Å²) in [5.74, 6) is -0.997. The van der Waals surface area contributed by atoms with Gasteiger partial charge in [-0.2, -0.15) is 5.10 Å². The number of H-pyrrole nitrogens is 1. The van der Waals surface area contributed by atoms with E-state index in [4.69, 9.17) is 11.6 Å². The van der Waals surface area contributed by atoms with Gasteiger partial charge in [0.15, 0.2) is 0 Å². The number of halogens is 3. The average Bonchev–Trinajstić information content (AvgIpc) is 3.55. The van der Waals surface area contributed by atoms with Crippen molar-refractivity contribution in [1.29, 1.82) is 0 Å². The number of nitrogens with zero attached hydrogens (tertiary/aromatic N) is 2. The predicted molar refractivity (Wildman–Crippen MR) is 127 cm³/mol. The Hall–Kier alpha value is -3.99. The molecule has 1 spiro atoms. The molecule has 5 rings (SSSR count). The van der Waals surface area contributed by atoms with Crippen LogP contribution in [-0.4, -0.2) is 51.5 Å². The molecular weight excluding hydrogens is 496 g/mol. The standard InChI is InChI=1S/C24H20ClF2N5O4/c1-13(33)32-9-7-23(12-32)20-17(18-6-8-28-31-18)10-14(11-19(20)30-22(23)35)21(34)29-15-2-4-16(5-3-15)36-24(25,26)27/h2-6,8,10-11H,7,9,12H2,1H3,(H,28,31)(H,29,34)(H,30,35). The Morgan fingerprint density at radius 1 is 1.22 bits per heavy atom. The van der Waals surface area contributed by atoms with E-state index in [1.807, 2.05) is 0 Å². The van der Waals surface area contributed by atoms with Crippen LogP contribution in [0, 0.1) is 0 Å². The Bertz CT molecular complexity index is 1360. The fraction of sp³-hybridized carbons (Fsp3) is 0.250. The highest BCUT2D eigenvalue weighted by atomic mass is 35.5. The van der Waals surface area contributed by atoms with Crippen LogP contribution in [0.25, 0.3) is 11.3 Å². The van der Waals surface area contributed by atoms with Gasteiger partial charge in [0.25, 0.3) is 5.91 Å². The second kappa shape index (κ2) is 8.59. The Balaban J connectivity index is 1.49. The van der Waals surface area contributed by atoms with E-state index in [9.17, 15) is 23.2 Å². The highest BCUT2D eigenvalue weighted by Crippen LogP contribution is 2.49. The molecule has 2 aliphatic rings. The predicted octanol–water partition coefficient (Wildman–Crippen LogP) is 3.94. The van der Waals surface area contributed by atoms with Gasteiger partial charge in [0.1, 0.15) is 5.75 Å². The number of anilines is 2. The number of amides is 3. The lowest BCUT2D eigenvalue weighted by atomic mass is 9.77. The number of alkyl halides is 3. The van der Waals surface area contributed by atoms with Crippen LogP contribution in [0.1, 0.15) is 29.3 Å². The van der Waals surface area contributed by atoms with Crippen LogP contribution in [0.4, 0.5) is 20.2 Å². The van der Waals surface area contributed by atoms with Gasteiger partial charge in [-0.3, -0.25) is 19.5 Å². The van der Waals surface area contributed by atoms with Gasteiger partial charge in [-0.25, -0.2) is 0 Å². The molecule has 0 bridgehead atoms. The Morgan fingerprint density at radius 3 is 2.58 bits per heavy atom. The van der Waals surface area contributed by atoms with Gasteiger partial charge in [0.05, 0.1) is 11.1 Å². The maximum Gasteiger partial charge on any atom is 0.487 e. The monoisotopic (exact) mass is 515 g/mol. The number of ether oxygens (including phenoxy) is 1. The van der Waals surface area contributed by atoms with E-state index >= 15 is 0 Å². The first-order chi connectivity index (χ1) is 17.1. The second-order valence-electron chi connectivity index (χ2n) is 8.67. The molecule has 1 unspecified atom stereocenters. The molecular formula is C24H20ClF2N5O4. The van der Waals surface area contributed by atoms with Crippen molar-refractivity contribution in [1.82, 2.24) is 15.1 Å². The first kappa shape index (κ1) is 23.7. The first-order valence-electron chi connectivity index (χ1n) is 11.0. The summed E-state index contributed by atoms with van der Waals surface area (Å²) >= 11 is 4.77. The number of aromatic nitrogens is 2. The summed E-state index contributed by atoms with van der Waals surface area (Å²) in [6, 6.07) is 10.3. The van der Waals surface area contributed by atoms with Crippen molar-refractivity contribution in [3.05, 3.63) is 59.8 Å². The first-order valence-corrected chi connectivity index (χ1v) is 11.4. The number of carbonyl (C=O) groups is 3. The lowest BCUT2D eigenvalue weighted by Crippen LogP contribution is -2.39. The second-order valence-corrected chi connectivity index (χ2v) is 9.11. The molecule has 0 radical (unpaired) electrons. The summed E-state index contributed by atoms with van der Waals surface area (Å²) in [4.78, 5) is 39.9. The molecule has 12 heteroatoms. The zero-order valence-corrected chi connectivity index (χ0v) is 19.7. The third kappa shape index (κ3) is 4.26. The highest BCUT2D eigenvalue weighted by Gasteiger charge is 2.53. The molecule has 3 aromatic rings. The molecule has 1 fully saturated rings. The summed E-state index contributed by atoms with van der Waals surface area (Å²) in [6.45, 7) is 2.15. The number of hydrogen-bond acceptors (Lipinski definition) is 5. The van der Waals surface area contributed by atoms with E-state index in [1.165, 1.54) is 31.2 Å². The van der Waals surface area contributed by atoms with Gasteiger partial charge in [-0.15, -0.1) is 8.78 Å². The lowest BCUT2D eigenvalue weighted by Gasteiger charge is -2.24. The molecule has 3 N–H and O–H groups in total. The Labute approximate surface area is 208 Å². The van der Waals surface area contributed by atoms with Gasteiger partial charge in [0, 0.05) is 65.9 Å². The summed E-state index contributed by atoms with van der Waals surface area (Å²) in [7, 11) is 0. The molecule has 9 nitrogen and oxygen atoms in total. The SMILES string of the molecule is CC(=O)N1CCC2(C1)C(=O)Nc1cc(C(=O)Nc3ccc(OC(F)(F)Cl)cc3)cc(-c3ccn[nH]3)c12. The summed E-state index contributed by atoms with van der Waals surface area (Å²) in [6.07, 6.45) is 2.02. The fourth-order valence-corrected chi connectivity index (χ4v) is 4.86. The number of carbonyl (C=O) groups excluding carboxylic acids is 3. The van der Waals surface area contributed by atoms with Crippen molar-refractivity contribution in [2.75, 3.05) is 23.7 Å². The fourth-order valence-electron chi connectivity index (χ4n) is 4.77. The third-order valence-electron chi connectivity index (χ3n) is 6.41. The smallest absolute Gasteiger partial charge is 0.420 e. The zero-order valence-electron chi connectivity index (χ0n) is 18.9. The number of likely N-dealkylation sites (tertiary alicyclic amines) is 1. The molecule has 1 aromatic heterocycles. The van der Waals surface area contributed by atoms with E-state index in [0.29, 0.717) is 41.2 Å². The summed E-state index contributed by atoms with van der Waals surface area (Å²) < 4.78 is 29.9. The number of nitrogens with one attached hydrogen (secondary N) is 3. The zero-order chi connectivity index (χ0) is 25.7. The van der Waals surface area contributed by atoms with Crippen molar-refractivity contribution < 1.29 is 27.9 Å². The minimum absolute atomic E-state index is 0.113. The molecule has 2 aliphatic heterocycles. The largest absolute Gasteiger partial charge is 0.487 e. The minimum Gasteiger partial charge on any atom is -0.420 e. The third-order valence-corrected chi connectivity index (χ3v) is 6.49. The van der Waals surface area contributed by atoms with Gasteiger partial charge in [0.2, 0.25) is 11.8 Å². The topological polar surface area (TPSA) is 116 Å². The number of hydrogen-bond donors (Lipinski definition) is 3. The van der Waals surface area contributed by atoms with E-state index in [0.717, 1.165) is 0 Å². The highest BCUT2D eigenvalue weighted by molar-refractivity contribution is 6.20. The van der Waals surface area contributed by atoms with Gasteiger partial charge in [-0.05, 0) is 48.9 Å². The van der Waals surface area contributed by atoms with Crippen LogP contribution in [0.2, 0.25) is 0 Å². The molecule has 1 atom stereocenters. The van der Waals surface area contributed by atoms with Crippen LogP contribution in [0.15, 0.2) is 48.7 Å². The molecule has 0 aliphatic carbocycles. The molecule has 1 saturated heterocycles. The lowest BCUT2D eigenvalue weighted by molar-refractivity contribution is -0.128. The van der Waals surface area contributed by atoms with E-state index < -0.39 is 16.9 Å². The van der Waals surface area contributed by atoms with E-state index in [1.54, 1.807) is 29.3 Å². The summed E-state index contributed by atoms with van der Waals surface area (Å²) in [5, 5.41) is 12.5. The number of fused-ring (bicyclic) bond motifs is 2. The average molecular weight is 516 g/mol. The molecule has 2 aromatic carbocycles. The molecule has 0 saturated carbocycles. The van der Waals surface area contributed by atoms with Crippen LogP contribution in [0.5, 0.6) is 5.75 Å². The molecule has 186 valence electrons. The Kier molecular flexibility index (Phi) is 5.67. The molecule has 3 heterocycles. The van der Waals surface area contributed by atoms with Crippen LogP contribution >= 0.6 is 11.6 Å². The maximum atomic E-state index is 13.2. The minimum atomic E-state index is -3.85. The van der Waals surface area contributed by atoms with Crippen molar-refractivity contribution in [2.24, 2.45) is 0 Å². The van der Waals surface area contributed by atoms with Crippen molar-refractivity contribution in [2.45, 2.75) is 24.3 Å². The van der Waals surface area contributed by atoms with Gasteiger partial charge < -0.3 is 20.3 Å². The van der Waals surface area contributed by atoms with Crippen LogP contribution in [0.3, 0.4) is 0 Å². The van der Waals surface area contributed by atoms with Gasteiger partial charge >= 0.3 is 5.57 Å². The number of aromatic amines is 1. The van der Waals surface area contributed by atoms with Crippen molar-refractivity contribution in [3.8, 4) is 17.0 Å².